The van der Waals surface area contributed by atoms with Crippen molar-refractivity contribution in [3.05, 3.63) is 0 Å². The second-order valence-corrected chi connectivity index (χ2v) is 3.67. The van der Waals surface area contributed by atoms with E-state index >= 15 is 0 Å². The Labute approximate surface area is 84.9 Å². The molecule has 0 heterocycles. The van der Waals surface area contributed by atoms with E-state index in [-0.39, 0.29) is 13.1 Å². The van der Waals surface area contributed by atoms with Gasteiger partial charge in [-0.15, -0.1) is 0 Å². The van der Waals surface area contributed by atoms with Crippen LogP contribution in [0.1, 0.15) is 33.1 Å². The summed E-state index contributed by atoms with van der Waals surface area (Å²) in [6, 6.07) is 0.357. The van der Waals surface area contributed by atoms with Gasteiger partial charge in [0.25, 0.3) is 0 Å². The van der Waals surface area contributed by atoms with Gasteiger partial charge in [-0.05, 0) is 33.2 Å². The summed E-state index contributed by atoms with van der Waals surface area (Å²) in [5.74, 6) is -0.765. The summed E-state index contributed by atoms with van der Waals surface area (Å²) in [7, 11) is 0. The van der Waals surface area contributed by atoms with E-state index in [1.165, 1.54) is 0 Å². The molecule has 0 aliphatic heterocycles. The highest BCUT2D eigenvalue weighted by atomic mass is 19.1. The molecule has 0 amide bonds. The van der Waals surface area contributed by atoms with Gasteiger partial charge in [-0.25, -0.2) is 0 Å². The van der Waals surface area contributed by atoms with Crippen molar-refractivity contribution >= 4 is 5.97 Å². The number of carbonyl (C=O) groups is 1. The smallest absolute Gasteiger partial charge is 0.303 e. The molecule has 0 bridgehead atoms. The van der Waals surface area contributed by atoms with Crippen LogP contribution in [0.5, 0.6) is 0 Å². The molecule has 0 rings (SSSR count). The highest BCUT2D eigenvalue weighted by Crippen LogP contribution is 2.03. The first-order chi connectivity index (χ1) is 6.57. The molecule has 0 aromatic carbocycles. The maximum absolute atomic E-state index is 11.9. The van der Waals surface area contributed by atoms with Crippen molar-refractivity contribution in [3.63, 3.8) is 0 Å². The Kier molecular flexibility index (Phi) is 7.38. The summed E-state index contributed by atoms with van der Waals surface area (Å²) < 4.78 is 11.9. The first-order valence-corrected chi connectivity index (χ1v) is 5.09. The van der Waals surface area contributed by atoms with Crippen LogP contribution >= 0.6 is 0 Å². The summed E-state index contributed by atoms with van der Waals surface area (Å²) in [6.45, 7) is 5.23. The lowest BCUT2D eigenvalue weighted by Crippen LogP contribution is -2.33. The standard InChI is InChI=1S/C10H20FNO2/c1-9(2)12(8-4-6-11)7-3-5-10(13)14/h9H,3-8H2,1-2H3,(H,13,14). The first-order valence-electron chi connectivity index (χ1n) is 5.09. The maximum atomic E-state index is 11.9. The fraction of sp³-hybridized carbons (Fsp3) is 0.900. The van der Waals surface area contributed by atoms with Gasteiger partial charge in [0.1, 0.15) is 0 Å². The Bertz CT molecular complexity index is 162. The number of halogens is 1. The Morgan fingerprint density at radius 3 is 2.36 bits per heavy atom. The molecule has 0 atom stereocenters. The molecule has 84 valence electrons. The SMILES string of the molecule is CC(C)N(CCCF)CCCC(=O)O. The van der Waals surface area contributed by atoms with E-state index in [4.69, 9.17) is 5.11 Å². The predicted octanol–water partition coefficient (Wildman–Crippen LogP) is 1.92. The number of nitrogens with zero attached hydrogens (tertiary/aromatic N) is 1. The van der Waals surface area contributed by atoms with Gasteiger partial charge in [0.15, 0.2) is 0 Å². The Hall–Kier alpha value is -0.640. The zero-order valence-electron chi connectivity index (χ0n) is 9.00. The van der Waals surface area contributed by atoms with E-state index in [0.29, 0.717) is 25.4 Å². The van der Waals surface area contributed by atoms with Gasteiger partial charge in [0.05, 0.1) is 6.67 Å². The number of hydrogen-bond acceptors (Lipinski definition) is 2. The molecule has 0 spiro atoms. The van der Waals surface area contributed by atoms with E-state index in [0.717, 1.165) is 6.54 Å². The molecule has 0 aliphatic carbocycles. The largest absolute Gasteiger partial charge is 0.481 e. The van der Waals surface area contributed by atoms with Crippen LogP contribution in [-0.4, -0.2) is 41.8 Å². The highest BCUT2D eigenvalue weighted by molar-refractivity contribution is 5.66. The quantitative estimate of drug-likeness (QED) is 0.658. The minimum Gasteiger partial charge on any atom is -0.481 e. The van der Waals surface area contributed by atoms with E-state index in [1.807, 2.05) is 13.8 Å². The second-order valence-electron chi connectivity index (χ2n) is 3.67. The molecule has 3 nitrogen and oxygen atoms in total. The Morgan fingerprint density at radius 2 is 1.93 bits per heavy atom. The van der Waals surface area contributed by atoms with Crippen LogP contribution in [0.2, 0.25) is 0 Å². The van der Waals surface area contributed by atoms with Crippen molar-refractivity contribution in [2.45, 2.75) is 39.2 Å². The average molecular weight is 205 g/mol. The van der Waals surface area contributed by atoms with Gasteiger partial charge in [-0.2, -0.15) is 0 Å². The minimum atomic E-state index is -0.765. The summed E-state index contributed by atoms with van der Waals surface area (Å²) in [6.07, 6.45) is 1.36. The maximum Gasteiger partial charge on any atom is 0.303 e. The molecule has 0 saturated heterocycles. The molecule has 1 N–H and O–H groups in total. The van der Waals surface area contributed by atoms with Crippen molar-refractivity contribution < 1.29 is 14.3 Å². The van der Waals surface area contributed by atoms with Gasteiger partial charge in [0.2, 0.25) is 0 Å². The number of hydrogen-bond donors (Lipinski definition) is 1. The van der Waals surface area contributed by atoms with Crippen molar-refractivity contribution in [1.82, 2.24) is 4.90 Å². The predicted molar refractivity (Wildman–Crippen MR) is 54.2 cm³/mol. The van der Waals surface area contributed by atoms with Gasteiger partial charge in [0, 0.05) is 19.0 Å². The van der Waals surface area contributed by atoms with E-state index < -0.39 is 5.97 Å². The zero-order valence-corrected chi connectivity index (χ0v) is 9.00. The number of aliphatic carboxylic acids is 1. The van der Waals surface area contributed by atoms with E-state index in [9.17, 15) is 9.18 Å². The topological polar surface area (TPSA) is 40.5 Å². The Morgan fingerprint density at radius 1 is 1.36 bits per heavy atom. The van der Waals surface area contributed by atoms with Gasteiger partial charge < -0.3 is 10.0 Å². The molecular formula is C10H20FNO2. The van der Waals surface area contributed by atoms with Crippen LogP contribution in [0.25, 0.3) is 0 Å². The van der Waals surface area contributed by atoms with Crippen LogP contribution in [0.15, 0.2) is 0 Å². The van der Waals surface area contributed by atoms with Crippen LogP contribution in [0.3, 0.4) is 0 Å². The van der Waals surface area contributed by atoms with Crippen molar-refractivity contribution in [2.24, 2.45) is 0 Å². The number of carboxylic acid groups (broad SMARTS) is 1. The average Bonchev–Trinajstić information content (AvgIpc) is 2.09. The molecule has 4 heteroatoms. The lowest BCUT2D eigenvalue weighted by atomic mass is 10.2. The number of carboxylic acids is 1. The van der Waals surface area contributed by atoms with Crippen molar-refractivity contribution in [2.75, 3.05) is 19.8 Å². The fourth-order valence-corrected chi connectivity index (χ4v) is 1.32. The molecule has 0 radical (unpaired) electrons. The molecule has 0 aliphatic rings. The number of alkyl halides is 1. The third kappa shape index (κ3) is 6.83. The van der Waals surface area contributed by atoms with Crippen molar-refractivity contribution in [1.29, 1.82) is 0 Å². The summed E-state index contributed by atoms with van der Waals surface area (Å²) in [4.78, 5) is 12.4. The molecule has 0 fully saturated rings. The minimum absolute atomic E-state index is 0.193. The van der Waals surface area contributed by atoms with Gasteiger partial charge in [-0.1, -0.05) is 0 Å². The molecule has 0 unspecified atom stereocenters. The first kappa shape index (κ1) is 13.4. The lowest BCUT2D eigenvalue weighted by molar-refractivity contribution is -0.137. The van der Waals surface area contributed by atoms with E-state index in [1.54, 1.807) is 0 Å². The molecular weight excluding hydrogens is 185 g/mol. The summed E-state index contributed by atoms with van der Waals surface area (Å²) in [5.41, 5.74) is 0. The van der Waals surface area contributed by atoms with Crippen LogP contribution in [-0.2, 0) is 4.79 Å². The molecule has 0 saturated carbocycles. The van der Waals surface area contributed by atoms with E-state index in [2.05, 4.69) is 4.90 Å². The zero-order chi connectivity index (χ0) is 11.0. The monoisotopic (exact) mass is 205 g/mol. The molecule has 0 aromatic heterocycles. The second kappa shape index (κ2) is 7.74. The van der Waals surface area contributed by atoms with Crippen molar-refractivity contribution in [3.8, 4) is 0 Å². The Balaban J connectivity index is 3.67. The van der Waals surface area contributed by atoms with Crippen LogP contribution < -0.4 is 0 Å². The van der Waals surface area contributed by atoms with Crippen LogP contribution in [0.4, 0.5) is 4.39 Å². The number of rotatable bonds is 8. The lowest BCUT2D eigenvalue weighted by Gasteiger charge is -2.25. The van der Waals surface area contributed by atoms with Gasteiger partial charge in [-0.3, -0.25) is 9.18 Å². The third-order valence-electron chi connectivity index (χ3n) is 2.15. The highest BCUT2D eigenvalue weighted by Gasteiger charge is 2.09. The summed E-state index contributed by atoms with van der Waals surface area (Å²) >= 11 is 0. The summed E-state index contributed by atoms with van der Waals surface area (Å²) in [5, 5.41) is 8.46. The van der Waals surface area contributed by atoms with Crippen LogP contribution in [0, 0.1) is 0 Å². The third-order valence-corrected chi connectivity index (χ3v) is 2.15. The van der Waals surface area contributed by atoms with Gasteiger partial charge >= 0.3 is 5.97 Å². The normalized spacial score (nSPS) is 11.2. The molecule has 14 heavy (non-hydrogen) atoms. The fourth-order valence-electron chi connectivity index (χ4n) is 1.32. The molecule has 0 aromatic rings.